The molecule has 3 N–H and O–H groups in total. The first kappa shape index (κ1) is 13.3. The molecule has 19 heavy (non-hydrogen) atoms. The molecule has 3 atom stereocenters. The highest BCUT2D eigenvalue weighted by molar-refractivity contribution is 7.81. The fourth-order valence-corrected chi connectivity index (χ4v) is 4.16. The molecule has 2 fully saturated rings. The van der Waals surface area contributed by atoms with E-state index in [4.69, 9.17) is 23.1 Å². The van der Waals surface area contributed by atoms with Gasteiger partial charge in [0.15, 0.2) is 0 Å². The first-order valence-electron chi connectivity index (χ1n) is 6.72. The maximum absolute atomic E-state index is 6.46. The van der Waals surface area contributed by atoms with Crippen molar-refractivity contribution in [3.63, 3.8) is 0 Å². The van der Waals surface area contributed by atoms with E-state index in [2.05, 4.69) is 15.3 Å². The minimum atomic E-state index is -0.699. The molecule has 2 aliphatic rings. The summed E-state index contributed by atoms with van der Waals surface area (Å²) in [5.41, 5.74) is 7.20. The second kappa shape index (κ2) is 4.70. The number of nitrogens with two attached hydrogens (primary N) is 1. The second-order valence-electron chi connectivity index (χ2n) is 5.53. The van der Waals surface area contributed by atoms with Crippen molar-refractivity contribution in [2.24, 2.45) is 11.1 Å². The average Bonchev–Trinajstić information content (AvgIpc) is 2.64. The molecule has 2 aliphatic heterocycles. The van der Waals surface area contributed by atoms with Crippen molar-refractivity contribution < 1.29 is 4.74 Å². The zero-order valence-corrected chi connectivity index (χ0v) is 11.9. The van der Waals surface area contributed by atoms with Crippen LogP contribution in [-0.2, 0) is 9.67 Å². The van der Waals surface area contributed by atoms with Gasteiger partial charge in [-0.15, -0.1) is 12.6 Å². The van der Waals surface area contributed by atoms with Crippen LogP contribution in [0.25, 0.3) is 0 Å². The molecule has 5 nitrogen and oxygen atoms in total. The molecule has 0 saturated carbocycles. The molecule has 0 aromatic carbocycles. The van der Waals surface area contributed by atoms with E-state index >= 15 is 0 Å². The van der Waals surface area contributed by atoms with Crippen LogP contribution >= 0.6 is 12.6 Å². The Morgan fingerprint density at radius 3 is 2.63 bits per heavy atom. The van der Waals surface area contributed by atoms with Crippen LogP contribution in [0.2, 0.25) is 0 Å². The number of piperidine rings is 1. The van der Waals surface area contributed by atoms with E-state index in [9.17, 15) is 0 Å². The first-order chi connectivity index (χ1) is 9.10. The highest BCUT2D eigenvalue weighted by Crippen LogP contribution is 2.58. The monoisotopic (exact) mass is 280 g/mol. The Hall–Kier alpha value is -0.690. The molecule has 104 valence electrons. The van der Waals surface area contributed by atoms with Crippen LogP contribution in [0, 0.1) is 5.41 Å². The van der Waals surface area contributed by atoms with Crippen molar-refractivity contribution in [2.45, 2.75) is 36.8 Å². The Morgan fingerprint density at radius 1 is 1.37 bits per heavy atom. The van der Waals surface area contributed by atoms with E-state index in [1.165, 1.54) is 6.33 Å². The lowest BCUT2D eigenvalue weighted by Gasteiger charge is -2.46. The standard InChI is InChI=1S/C13H20N4OS/c1-9-11(14)12(2-4-15-5-3-12)13(19,18-9)10-6-16-8-17-7-10/h6-9,11,15,19H,2-5,14H2,1H3. The molecule has 3 unspecified atom stereocenters. The van der Waals surface area contributed by atoms with E-state index in [-0.39, 0.29) is 17.6 Å². The summed E-state index contributed by atoms with van der Waals surface area (Å²) in [6.07, 6.45) is 6.99. The van der Waals surface area contributed by atoms with Crippen LogP contribution in [0.1, 0.15) is 25.3 Å². The molecule has 2 saturated heterocycles. The Morgan fingerprint density at radius 2 is 2.00 bits per heavy atom. The summed E-state index contributed by atoms with van der Waals surface area (Å²) in [6.45, 7) is 3.91. The quantitative estimate of drug-likeness (QED) is 0.660. The van der Waals surface area contributed by atoms with Gasteiger partial charge in [-0.05, 0) is 32.9 Å². The Labute approximate surface area is 118 Å². The van der Waals surface area contributed by atoms with E-state index < -0.39 is 4.93 Å². The highest BCUT2D eigenvalue weighted by Gasteiger charge is 2.62. The van der Waals surface area contributed by atoms with Crippen molar-refractivity contribution in [3.8, 4) is 0 Å². The van der Waals surface area contributed by atoms with Crippen LogP contribution in [-0.4, -0.2) is 35.2 Å². The van der Waals surface area contributed by atoms with Gasteiger partial charge in [0, 0.05) is 29.4 Å². The summed E-state index contributed by atoms with van der Waals surface area (Å²) in [6, 6.07) is -0.0210. The van der Waals surface area contributed by atoms with Gasteiger partial charge in [0.1, 0.15) is 11.3 Å². The molecule has 0 aliphatic carbocycles. The molecular formula is C13H20N4OS. The second-order valence-corrected chi connectivity index (χ2v) is 6.16. The highest BCUT2D eigenvalue weighted by atomic mass is 32.1. The lowest BCUT2D eigenvalue weighted by molar-refractivity contribution is -0.0248. The van der Waals surface area contributed by atoms with Crippen molar-refractivity contribution in [3.05, 3.63) is 24.3 Å². The fraction of sp³-hybridized carbons (Fsp3) is 0.692. The molecule has 1 spiro atoms. The molecule has 3 rings (SSSR count). The molecule has 0 radical (unpaired) electrons. The lowest BCUT2D eigenvalue weighted by atomic mass is 9.68. The number of rotatable bonds is 1. The largest absolute Gasteiger partial charge is 0.355 e. The smallest absolute Gasteiger partial charge is 0.147 e. The van der Waals surface area contributed by atoms with E-state index in [0.717, 1.165) is 31.5 Å². The third-order valence-electron chi connectivity index (χ3n) is 4.62. The van der Waals surface area contributed by atoms with Crippen molar-refractivity contribution in [1.29, 1.82) is 0 Å². The summed E-state index contributed by atoms with van der Waals surface area (Å²) >= 11 is 4.91. The summed E-state index contributed by atoms with van der Waals surface area (Å²) in [4.78, 5) is 7.51. The third-order valence-corrected chi connectivity index (χ3v) is 5.43. The summed E-state index contributed by atoms with van der Waals surface area (Å²) < 4.78 is 6.17. The minimum absolute atomic E-state index is 0.0178. The van der Waals surface area contributed by atoms with Gasteiger partial charge in [0.25, 0.3) is 0 Å². The predicted octanol–water partition coefficient (Wildman–Crippen LogP) is 0.675. The van der Waals surface area contributed by atoms with Crippen LogP contribution in [0.4, 0.5) is 0 Å². The van der Waals surface area contributed by atoms with Crippen LogP contribution < -0.4 is 11.1 Å². The van der Waals surface area contributed by atoms with E-state index in [0.29, 0.717) is 0 Å². The maximum atomic E-state index is 6.46. The molecular weight excluding hydrogens is 260 g/mol. The summed E-state index contributed by atoms with van der Waals surface area (Å²) in [5, 5.41) is 3.38. The molecule has 0 amide bonds. The predicted molar refractivity (Wildman–Crippen MR) is 75.8 cm³/mol. The number of nitrogens with one attached hydrogen (secondary N) is 1. The number of hydrogen-bond acceptors (Lipinski definition) is 6. The third kappa shape index (κ3) is 1.81. The molecule has 1 aromatic rings. The zero-order chi connectivity index (χ0) is 13.5. The molecule has 3 heterocycles. The SMILES string of the molecule is CC1OC(S)(c2cncnc2)C2(CCNCC2)C1N. The van der Waals surface area contributed by atoms with Gasteiger partial charge in [0.2, 0.25) is 0 Å². The van der Waals surface area contributed by atoms with Crippen molar-refractivity contribution >= 4 is 12.6 Å². The van der Waals surface area contributed by atoms with Gasteiger partial charge < -0.3 is 15.8 Å². The van der Waals surface area contributed by atoms with Gasteiger partial charge in [-0.3, -0.25) is 0 Å². The Kier molecular flexibility index (Phi) is 3.29. The number of ether oxygens (including phenoxy) is 1. The van der Waals surface area contributed by atoms with Gasteiger partial charge >= 0.3 is 0 Å². The Bertz CT molecular complexity index is 451. The Balaban J connectivity index is 2.07. The maximum Gasteiger partial charge on any atom is 0.147 e. The summed E-state index contributed by atoms with van der Waals surface area (Å²) in [7, 11) is 0. The minimum Gasteiger partial charge on any atom is -0.355 e. The van der Waals surface area contributed by atoms with Crippen LogP contribution in [0.5, 0.6) is 0 Å². The normalized spacial score (nSPS) is 37.6. The number of nitrogens with zero attached hydrogens (tertiary/aromatic N) is 2. The number of aromatic nitrogens is 2. The van der Waals surface area contributed by atoms with Gasteiger partial charge in [0.05, 0.1) is 6.10 Å². The zero-order valence-electron chi connectivity index (χ0n) is 11.0. The average molecular weight is 280 g/mol. The summed E-state index contributed by atoms with van der Waals surface area (Å²) in [5.74, 6) is 0. The number of thiol groups is 1. The van der Waals surface area contributed by atoms with Crippen LogP contribution in [0.3, 0.4) is 0 Å². The van der Waals surface area contributed by atoms with Crippen LogP contribution in [0.15, 0.2) is 18.7 Å². The van der Waals surface area contributed by atoms with E-state index in [1.807, 2.05) is 6.92 Å². The fourth-order valence-electron chi connectivity index (χ4n) is 3.51. The first-order valence-corrected chi connectivity index (χ1v) is 7.17. The van der Waals surface area contributed by atoms with Crippen molar-refractivity contribution in [1.82, 2.24) is 15.3 Å². The lowest BCUT2D eigenvalue weighted by Crippen LogP contribution is -2.54. The van der Waals surface area contributed by atoms with Gasteiger partial charge in [-0.25, -0.2) is 9.97 Å². The number of hydrogen-bond donors (Lipinski definition) is 3. The molecule has 6 heteroatoms. The van der Waals surface area contributed by atoms with Gasteiger partial charge in [-0.1, -0.05) is 0 Å². The van der Waals surface area contributed by atoms with Crippen molar-refractivity contribution in [2.75, 3.05) is 13.1 Å². The molecule has 0 bridgehead atoms. The van der Waals surface area contributed by atoms with E-state index in [1.54, 1.807) is 12.4 Å². The topological polar surface area (TPSA) is 73.1 Å². The van der Waals surface area contributed by atoms with Gasteiger partial charge in [-0.2, -0.15) is 0 Å². The molecule has 1 aromatic heterocycles.